The van der Waals surface area contributed by atoms with E-state index in [1.165, 1.54) is 6.07 Å². The number of H-pyrrole nitrogens is 1. The Balaban J connectivity index is 1.78. The number of halogens is 1. The van der Waals surface area contributed by atoms with Gasteiger partial charge in [-0.2, -0.15) is 5.10 Å². The minimum absolute atomic E-state index is 0.0407. The van der Waals surface area contributed by atoms with Crippen LogP contribution in [0.1, 0.15) is 10.5 Å². The number of likely N-dealkylation sites (tertiary alicyclic amines) is 1. The number of hydrogen-bond donors (Lipinski definition) is 2. The van der Waals surface area contributed by atoms with Gasteiger partial charge in [0, 0.05) is 18.7 Å². The third-order valence-electron chi connectivity index (χ3n) is 3.36. The molecule has 1 fully saturated rings. The van der Waals surface area contributed by atoms with Crippen molar-refractivity contribution >= 4 is 17.6 Å². The summed E-state index contributed by atoms with van der Waals surface area (Å²) >= 11 is 6.22. The number of carboxylic acid groups (broad SMARTS) is 1. The first kappa shape index (κ1) is 13.9. The maximum Gasteiger partial charge on any atom is 0.353 e. The normalized spacial score (nSPS) is 15.7. The number of carboxylic acids is 1. The zero-order valence-electron chi connectivity index (χ0n) is 11.3. The minimum Gasteiger partial charge on any atom is -0.486 e. The maximum atomic E-state index is 10.8. The summed E-state index contributed by atoms with van der Waals surface area (Å²) in [6.45, 7) is 1.78. The Hall–Kier alpha value is -2.05. The van der Waals surface area contributed by atoms with Crippen LogP contribution in [0.2, 0.25) is 5.02 Å². The number of benzene rings is 1. The van der Waals surface area contributed by atoms with Crippen molar-refractivity contribution in [3.05, 3.63) is 35.0 Å². The van der Waals surface area contributed by atoms with Gasteiger partial charge in [-0.25, -0.2) is 4.79 Å². The molecule has 2 heterocycles. The first-order valence-electron chi connectivity index (χ1n) is 6.47. The molecule has 21 heavy (non-hydrogen) atoms. The number of rotatable bonds is 4. The Morgan fingerprint density at radius 2 is 2.24 bits per heavy atom. The van der Waals surface area contributed by atoms with Gasteiger partial charge in [-0.15, -0.1) is 0 Å². The molecule has 1 aliphatic rings. The van der Waals surface area contributed by atoms with Crippen molar-refractivity contribution in [2.24, 2.45) is 0 Å². The van der Waals surface area contributed by atoms with Crippen molar-refractivity contribution in [1.29, 1.82) is 0 Å². The van der Waals surface area contributed by atoms with E-state index in [0.29, 0.717) is 16.5 Å². The van der Waals surface area contributed by atoms with Crippen molar-refractivity contribution in [3.63, 3.8) is 0 Å². The number of aromatic amines is 1. The van der Waals surface area contributed by atoms with Gasteiger partial charge >= 0.3 is 5.97 Å². The second-order valence-corrected chi connectivity index (χ2v) is 5.49. The van der Waals surface area contributed by atoms with Crippen LogP contribution in [0.3, 0.4) is 0 Å². The fraction of sp³-hybridized carbons (Fsp3) is 0.286. The summed E-state index contributed by atoms with van der Waals surface area (Å²) in [6, 6.07) is 6.78. The SMILES string of the molecule is CN1CC(Oc2ccc(-c3cc(C(=O)O)[nH]n3)cc2Cl)C1. The van der Waals surface area contributed by atoms with Crippen LogP contribution < -0.4 is 4.74 Å². The van der Waals surface area contributed by atoms with E-state index in [1.54, 1.807) is 12.1 Å². The van der Waals surface area contributed by atoms with Crippen LogP contribution in [0.25, 0.3) is 11.3 Å². The number of aromatic nitrogens is 2. The van der Waals surface area contributed by atoms with E-state index in [0.717, 1.165) is 18.7 Å². The van der Waals surface area contributed by atoms with Gasteiger partial charge in [0.1, 0.15) is 17.5 Å². The summed E-state index contributed by atoms with van der Waals surface area (Å²) in [7, 11) is 2.03. The van der Waals surface area contributed by atoms with Crippen LogP contribution >= 0.6 is 11.6 Å². The second-order valence-electron chi connectivity index (χ2n) is 5.08. The number of ether oxygens (including phenoxy) is 1. The smallest absolute Gasteiger partial charge is 0.353 e. The molecule has 1 aromatic carbocycles. The maximum absolute atomic E-state index is 10.8. The largest absolute Gasteiger partial charge is 0.486 e. The van der Waals surface area contributed by atoms with Gasteiger partial charge < -0.3 is 9.84 Å². The molecule has 0 amide bonds. The van der Waals surface area contributed by atoms with Crippen LogP contribution in [0.15, 0.2) is 24.3 Å². The van der Waals surface area contributed by atoms with E-state index in [2.05, 4.69) is 15.1 Å². The van der Waals surface area contributed by atoms with Gasteiger partial charge in [-0.3, -0.25) is 10.00 Å². The lowest BCUT2D eigenvalue weighted by molar-refractivity contribution is 0.0389. The number of carbonyl (C=O) groups is 1. The Bertz CT molecular complexity index is 680. The molecule has 0 unspecified atom stereocenters. The molecule has 2 aromatic rings. The highest BCUT2D eigenvalue weighted by molar-refractivity contribution is 6.32. The predicted molar refractivity (Wildman–Crippen MR) is 77.9 cm³/mol. The third kappa shape index (κ3) is 2.86. The molecule has 0 atom stereocenters. The van der Waals surface area contributed by atoms with E-state index < -0.39 is 5.97 Å². The number of nitrogens with zero attached hydrogens (tertiary/aromatic N) is 2. The monoisotopic (exact) mass is 307 g/mol. The molecule has 6 nitrogen and oxygen atoms in total. The van der Waals surface area contributed by atoms with Gasteiger partial charge in [0.15, 0.2) is 0 Å². The van der Waals surface area contributed by atoms with Gasteiger partial charge in [0.2, 0.25) is 0 Å². The van der Waals surface area contributed by atoms with Crippen LogP contribution in [0.4, 0.5) is 0 Å². The van der Waals surface area contributed by atoms with E-state index in [4.69, 9.17) is 21.4 Å². The zero-order chi connectivity index (χ0) is 15.0. The molecule has 0 saturated carbocycles. The highest BCUT2D eigenvalue weighted by atomic mass is 35.5. The van der Waals surface area contributed by atoms with Crippen LogP contribution in [0, 0.1) is 0 Å². The fourth-order valence-corrected chi connectivity index (χ4v) is 2.46. The Morgan fingerprint density at radius 3 is 2.81 bits per heavy atom. The van der Waals surface area contributed by atoms with Gasteiger partial charge in [-0.1, -0.05) is 11.6 Å². The lowest BCUT2D eigenvalue weighted by atomic mass is 10.1. The van der Waals surface area contributed by atoms with E-state index in [-0.39, 0.29) is 11.8 Å². The number of hydrogen-bond acceptors (Lipinski definition) is 4. The molecule has 2 N–H and O–H groups in total. The number of nitrogens with one attached hydrogen (secondary N) is 1. The van der Waals surface area contributed by atoms with Crippen molar-refractivity contribution in [2.75, 3.05) is 20.1 Å². The molecular weight excluding hydrogens is 294 g/mol. The summed E-state index contributed by atoms with van der Waals surface area (Å²) in [5.74, 6) is -0.415. The average Bonchev–Trinajstić information content (AvgIpc) is 2.89. The summed E-state index contributed by atoms with van der Waals surface area (Å²) in [5.41, 5.74) is 1.31. The Labute approximate surface area is 126 Å². The summed E-state index contributed by atoms with van der Waals surface area (Å²) in [4.78, 5) is 13.0. The highest BCUT2D eigenvalue weighted by Gasteiger charge is 2.25. The molecular formula is C14H14ClN3O3. The van der Waals surface area contributed by atoms with Crippen molar-refractivity contribution in [1.82, 2.24) is 15.1 Å². The van der Waals surface area contributed by atoms with Crippen molar-refractivity contribution in [3.8, 4) is 17.0 Å². The molecule has 0 spiro atoms. The first-order valence-corrected chi connectivity index (χ1v) is 6.84. The first-order chi connectivity index (χ1) is 10.0. The molecule has 110 valence electrons. The topological polar surface area (TPSA) is 78.5 Å². The average molecular weight is 308 g/mol. The molecule has 1 aromatic heterocycles. The van der Waals surface area contributed by atoms with Crippen LogP contribution in [-0.4, -0.2) is 52.4 Å². The van der Waals surface area contributed by atoms with Crippen molar-refractivity contribution < 1.29 is 14.6 Å². The molecule has 0 bridgehead atoms. The van der Waals surface area contributed by atoms with Gasteiger partial charge in [-0.05, 0) is 31.3 Å². The van der Waals surface area contributed by atoms with Crippen LogP contribution in [-0.2, 0) is 0 Å². The fourth-order valence-electron chi connectivity index (χ4n) is 2.23. The predicted octanol–water partition coefficient (Wildman–Crippen LogP) is 2.12. The van der Waals surface area contributed by atoms with E-state index in [1.807, 2.05) is 13.1 Å². The van der Waals surface area contributed by atoms with Gasteiger partial charge in [0.25, 0.3) is 0 Å². The molecule has 7 heteroatoms. The third-order valence-corrected chi connectivity index (χ3v) is 3.66. The quantitative estimate of drug-likeness (QED) is 0.904. The molecule has 0 aliphatic carbocycles. The molecule has 3 rings (SSSR count). The zero-order valence-corrected chi connectivity index (χ0v) is 12.1. The van der Waals surface area contributed by atoms with Crippen LogP contribution in [0.5, 0.6) is 5.75 Å². The van der Waals surface area contributed by atoms with Crippen molar-refractivity contribution in [2.45, 2.75) is 6.10 Å². The lowest BCUT2D eigenvalue weighted by Gasteiger charge is -2.36. The summed E-state index contributed by atoms with van der Waals surface area (Å²) < 4.78 is 5.79. The Morgan fingerprint density at radius 1 is 1.48 bits per heavy atom. The second kappa shape index (κ2) is 5.38. The lowest BCUT2D eigenvalue weighted by Crippen LogP contribution is -2.51. The number of aromatic carboxylic acids is 1. The van der Waals surface area contributed by atoms with E-state index >= 15 is 0 Å². The molecule has 1 aliphatic heterocycles. The standard InChI is InChI=1S/C14H14ClN3O3/c1-18-6-9(7-18)21-13-3-2-8(4-10(13)15)11-5-12(14(19)20)17-16-11/h2-5,9H,6-7H2,1H3,(H,16,17)(H,19,20). The minimum atomic E-state index is -1.05. The summed E-state index contributed by atoms with van der Waals surface area (Å²) in [6.07, 6.45) is 0.169. The highest BCUT2D eigenvalue weighted by Crippen LogP contribution is 2.31. The van der Waals surface area contributed by atoms with E-state index in [9.17, 15) is 4.79 Å². The molecule has 0 radical (unpaired) electrons. The molecule has 1 saturated heterocycles. The summed E-state index contributed by atoms with van der Waals surface area (Å²) in [5, 5.41) is 15.8. The van der Waals surface area contributed by atoms with Gasteiger partial charge in [0.05, 0.1) is 10.7 Å². The Kier molecular flexibility index (Phi) is 3.57. The number of likely N-dealkylation sites (N-methyl/N-ethyl adjacent to an activating group) is 1.